The van der Waals surface area contributed by atoms with E-state index in [1.807, 2.05) is 26.0 Å². The second-order valence-corrected chi connectivity index (χ2v) is 4.89. The van der Waals surface area contributed by atoms with Gasteiger partial charge in [0, 0.05) is 23.2 Å². The highest BCUT2D eigenvalue weighted by atomic mass is 16.3. The summed E-state index contributed by atoms with van der Waals surface area (Å²) < 4.78 is 6.99. The quantitative estimate of drug-likeness (QED) is 0.802. The number of nitrogens with one attached hydrogen (secondary N) is 1. The van der Waals surface area contributed by atoms with Crippen molar-refractivity contribution in [3.8, 4) is 11.3 Å². The summed E-state index contributed by atoms with van der Waals surface area (Å²) in [6.45, 7) is 4.60. The monoisotopic (exact) mass is 296 g/mol. The van der Waals surface area contributed by atoms with E-state index in [1.165, 1.54) is 6.39 Å². The molecule has 2 heterocycles. The summed E-state index contributed by atoms with van der Waals surface area (Å²) in [4.78, 5) is 16.2. The second kappa shape index (κ2) is 5.85. The van der Waals surface area contributed by atoms with Crippen molar-refractivity contribution < 1.29 is 9.21 Å². The molecule has 3 rings (SSSR count). The molecule has 0 spiro atoms. The zero-order valence-electron chi connectivity index (χ0n) is 12.4. The largest absolute Gasteiger partial charge is 0.444 e. The minimum atomic E-state index is -0.164. The van der Waals surface area contributed by atoms with E-state index in [-0.39, 0.29) is 5.91 Å². The van der Waals surface area contributed by atoms with Gasteiger partial charge in [-0.1, -0.05) is 12.1 Å². The molecule has 0 fully saturated rings. The molecule has 0 radical (unpaired) electrons. The second-order valence-electron chi connectivity index (χ2n) is 4.89. The number of hydrogen-bond donors (Lipinski definition) is 1. The maximum absolute atomic E-state index is 12.3. The van der Waals surface area contributed by atoms with Crippen LogP contribution in [0.3, 0.4) is 0 Å². The first-order chi connectivity index (χ1) is 10.7. The van der Waals surface area contributed by atoms with E-state index in [2.05, 4.69) is 15.4 Å². The lowest BCUT2D eigenvalue weighted by Gasteiger charge is -2.08. The lowest BCUT2D eigenvalue weighted by molar-refractivity contribution is 0.102. The Morgan fingerprint density at radius 3 is 2.68 bits per heavy atom. The van der Waals surface area contributed by atoms with Crippen molar-refractivity contribution in [1.82, 2.24) is 14.8 Å². The third-order valence-electron chi connectivity index (χ3n) is 3.42. The van der Waals surface area contributed by atoms with Crippen LogP contribution in [0.5, 0.6) is 0 Å². The first kappa shape index (κ1) is 14.1. The predicted molar refractivity (Wildman–Crippen MR) is 82.5 cm³/mol. The molecule has 6 heteroatoms. The maximum Gasteiger partial charge on any atom is 0.256 e. The van der Waals surface area contributed by atoms with Crippen molar-refractivity contribution in [3.05, 3.63) is 54.2 Å². The molecule has 0 aliphatic heterocycles. The first-order valence-corrected chi connectivity index (χ1v) is 7.01. The normalized spacial score (nSPS) is 10.6. The van der Waals surface area contributed by atoms with Crippen molar-refractivity contribution in [2.45, 2.75) is 20.4 Å². The summed E-state index contributed by atoms with van der Waals surface area (Å²) in [6.07, 6.45) is 4.76. The Kier molecular flexibility index (Phi) is 3.74. The van der Waals surface area contributed by atoms with Crippen molar-refractivity contribution in [2.24, 2.45) is 0 Å². The molecule has 0 atom stereocenters. The number of aromatic nitrogens is 3. The van der Waals surface area contributed by atoms with E-state index in [4.69, 9.17) is 4.42 Å². The number of benzene rings is 1. The van der Waals surface area contributed by atoms with Gasteiger partial charge in [-0.05, 0) is 26.0 Å². The van der Waals surface area contributed by atoms with Gasteiger partial charge in [0.25, 0.3) is 5.91 Å². The SMILES string of the molecule is CCn1ncc(C)c1NC(=O)c1ccc(-c2cnco2)cc1. The van der Waals surface area contributed by atoms with Crippen LogP contribution in [0.1, 0.15) is 22.8 Å². The van der Waals surface area contributed by atoms with E-state index in [0.29, 0.717) is 17.9 Å². The molecule has 0 saturated carbocycles. The molecule has 0 saturated heterocycles. The van der Waals surface area contributed by atoms with Crippen molar-refractivity contribution in [2.75, 3.05) is 5.32 Å². The van der Waals surface area contributed by atoms with Crippen LogP contribution in [0, 0.1) is 6.92 Å². The molecule has 1 aromatic carbocycles. The molecule has 22 heavy (non-hydrogen) atoms. The van der Waals surface area contributed by atoms with E-state index in [9.17, 15) is 4.79 Å². The van der Waals surface area contributed by atoms with Crippen molar-refractivity contribution >= 4 is 11.7 Å². The highest BCUT2D eigenvalue weighted by molar-refractivity contribution is 6.04. The number of oxazole rings is 1. The maximum atomic E-state index is 12.3. The summed E-state index contributed by atoms with van der Waals surface area (Å²) in [6, 6.07) is 7.18. The van der Waals surface area contributed by atoms with Crippen LogP contribution in [-0.4, -0.2) is 20.7 Å². The zero-order chi connectivity index (χ0) is 15.5. The topological polar surface area (TPSA) is 73.0 Å². The lowest BCUT2D eigenvalue weighted by atomic mass is 10.1. The molecule has 3 aromatic rings. The number of carbonyl (C=O) groups is 1. The minimum Gasteiger partial charge on any atom is -0.444 e. The van der Waals surface area contributed by atoms with E-state index < -0.39 is 0 Å². The number of aryl methyl sites for hydroxylation is 2. The van der Waals surface area contributed by atoms with Crippen LogP contribution < -0.4 is 5.32 Å². The van der Waals surface area contributed by atoms with Gasteiger partial charge in [-0.2, -0.15) is 5.10 Å². The zero-order valence-corrected chi connectivity index (χ0v) is 12.4. The summed E-state index contributed by atoms with van der Waals surface area (Å²) in [5.74, 6) is 1.24. The predicted octanol–water partition coefficient (Wildman–Crippen LogP) is 3.12. The Labute approximate surface area is 127 Å². The highest BCUT2D eigenvalue weighted by Gasteiger charge is 2.12. The fourth-order valence-corrected chi connectivity index (χ4v) is 2.21. The molecule has 1 N–H and O–H groups in total. The van der Waals surface area contributed by atoms with Crippen LogP contribution >= 0.6 is 0 Å². The standard InChI is InChI=1S/C16H16N4O2/c1-3-20-15(11(2)8-18-20)19-16(21)13-6-4-12(5-7-13)14-9-17-10-22-14/h4-10H,3H2,1-2H3,(H,19,21). The Morgan fingerprint density at radius 1 is 1.27 bits per heavy atom. The van der Waals surface area contributed by atoms with Crippen LogP contribution in [0.25, 0.3) is 11.3 Å². The molecule has 0 aliphatic rings. The molecule has 112 valence electrons. The highest BCUT2D eigenvalue weighted by Crippen LogP contribution is 2.20. The molecule has 0 aliphatic carbocycles. The minimum absolute atomic E-state index is 0.164. The van der Waals surface area contributed by atoms with Gasteiger partial charge >= 0.3 is 0 Å². The van der Waals surface area contributed by atoms with Crippen molar-refractivity contribution in [3.63, 3.8) is 0 Å². The molecular weight excluding hydrogens is 280 g/mol. The van der Waals surface area contributed by atoms with Gasteiger partial charge in [0.2, 0.25) is 0 Å². The number of hydrogen-bond acceptors (Lipinski definition) is 4. The molecule has 2 aromatic heterocycles. The summed E-state index contributed by atoms with van der Waals surface area (Å²) in [5, 5.41) is 7.12. The van der Waals surface area contributed by atoms with Gasteiger partial charge in [0.05, 0.1) is 12.4 Å². The summed E-state index contributed by atoms with van der Waals surface area (Å²) in [7, 11) is 0. The van der Waals surface area contributed by atoms with Crippen LogP contribution in [0.4, 0.5) is 5.82 Å². The number of nitrogens with zero attached hydrogens (tertiary/aromatic N) is 3. The van der Waals surface area contributed by atoms with Gasteiger partial charge < -0.3 is 9.73 Å². The van der Waals surface area contributed by atoms with Gasteiger partial charge in [-0.3, -0.25) is 4.79 Å². The van der Waals surface area contributed by atoms with E-state index in [1.54, 1.807) is 29.2 Å². The number of rotatable bonds is 4. The van der Waals surface area contributed by atoms with Crippen LogP contribution in [0.2, 0.25) is 0 Å². The fraction of sp³-hybridized carbons (Fsp3) is 0.188. The Balaban J connectivity index is 1.79. The van der Waals surface area contributed by atoms with Gasteiger partial charge in [-0.25, -0.2) is 9.67 Å². The number of carbonyl (C=O) groups excluding carboxylic acids is 1. The van der Waals surface area contributed by atoms with E-state index in [0.717, 1.165) is 16.9 Å². The van der Waals surface area contributed by atoms with Gasteiger partial charge in [0.15, 0.2) is 12.2 Å². The molecular formula is C16H16N4O2. The number of anilines is 1. The molecule has 6 nitrogen and oxygen atoms in total. The summed E-state index contributed by atoms with van der Waals surface area (Å²) in [5.41, 5.74) is 2.39. The Bertz CT molecular complexity index is 773. The molecule has 1 amide bonds. The van der Waals surface area contributed by atoms with Crippen LogP contribution in [-0.2, 0) is 6.54 Å². The average Bonchev–Trinajstić information content (AvgIpc) is 3.18. The van der Waals surface area contributed by atoms with Crippen LogP contribution in [0.15, 0.2) is 47.5 Å². The third-order valence-corrected chi connectivity index (χ3v) is 3.42. The summed E-state index contributed by atoms with van der Waals surface area (Å²) >= 11 is 0. The number of amides is 1. The average molecular weight is 296 g/mol. The Morgan fingerprint density at radius 2 is 2.05 bits per heavy atom. The third kappa shape index (κ3) is 2.63. The lowest BCUT2D eigenvalue weighted by Crippen LogP contribution is -2.16. The van der Waals surface area contributed by atoms with Gasteiger partial charge in [0.1, 0.15) is 5.82 Å². The van der Waals surface area contributed by atoms with E-state index >= 15 is 0 Å². The van der Waals surface area contributed by atoms with Gasteiger partial charge in [-0.15, -0.1) is 0 Å². The van der Waals surface area contributed by atoms with Crippen molar-refractivity contribution in [1.29, 1.82) is 0 Å². The first-order valence-electron chi connectivity index (χ1n) is 7.01. The fourth-order valence-electron chi connectivity index (χ4n) is 2.21. The molecule has 0 unspecified atom stereocenters. The Hall–Kier alpha value is -2.89. The molecule has 0 bridgehead atoms. The smallest absolute Gasteiger partial charge is 0.256 e.